The second-order valence-electron chi connectivity index (χ2n) is 6.80. The zero-order valence-corrected chi connectivity index (χ0v) is 15.5. The maximum atomic E-state index is 12.4. The van der Waals surface area contributed by atoms with Gasteiger partial charge >= 0.3 is 0 Å². The number of benzene rings is 2. The van der Waals surface area contributed by atoms with E-state index in [4.69, 9.17) is 4.42 Å². The van der Waals surface area contributed by atoms with Crippen LogP contribution in [0.25, 0.3) is 0 Å². The second-order valence-corrected chi connectivity index (χ2v) is 6.80. The van der Waals surface area contributed by atoms with Crippen molar-refractivity contribution in [3.8, 4) is 0 Å². The van der Waals surface area contributed by atoms with E-state index in [9.17, 15) is 14.4 Å². The number of carbonyl (C=O) groups is 3. The summed E-state index contributed by atoms with van der Waals surface area (Å²) in [6.07, 6.45) is 3.33. The molecule has 0 saturated heterocycles. The molecule has 0 bridgehead atoms. The molecule has 1 fully saturated rings. The van der Waals surface area contributed by atoms with Crippen LogP contribution in [0.2, 0.25) is 0 Å². The van der Waals surface area contributed by atoms with Crippen LogP contribution in [0, 0.1) is 5.92 Å². The third-order valence-corrected chi connectivity index (χ3v) is 4.51. The van der Waals surface area contributed by atoms with Gasteiger partial charge in [-0.1, -0.05) is 0 Å². The molecule has 0 atom stereocenters. The van der Waals surface area contributed by atoms with E-state index in [0.717, 1.165) is 12.8 Å². The van der Waals surface area contributed by atoms with Crippen molar-refractivity contribution in [2.24, 2.45) is 5.92 Å². The monoisotopic (exact) mass is 389 g/mol. The molecular weight excluding hydrogens is 370 g/mol. The normalized spacial score (nSPS) is 12.8. The Morgan fingerprint density at radius 2 is 1.28 bits per heavy atom. The molecule has 1 heterocycles. The van der Waals surface area contributed by atoms with Crippen molar-refractivity contribution in [1.29, 1.82) is 0 Å². The van der Waals surface area contributed by atoms with Crippen LogP contribution in [-0.2, 0) is 4.79 Å². The molecular formula is C22H19N3O4. The smallest absolute Gasteiger partial charge is 0.291 e. The molecule has 3 N–H and O–H groups in total. The molecule has 1 aromatic heterocycles. The highest BCUT2D eigenvalue weighted by Gasteiger charge is 2.29. The van der Waals surface area contributed by atoms with Gasteiger partial charge in [-0.05, 0) is 73.5 Å². The van der Waals surface area contributed by atoms with E-state index in [0.29, 0.717) is 22.6 Å². The third kappa shape index (κ3) is 4.70. The van der Waals surface area contributed by atoms with Crippen molar-refractivity contribution in [3.05, 3.63) is 78.3 Å². The van der Waals surface area contributed by atoms with Gasteiger partial charge < -0.3 is 20.4 Å². The van der Waals surface area contributed by atoms with Crippen molar-refractivity contribution in [2.75, 3.05) is 16.0 Å². The van der Waals surface area contributed by atoms with Crippen LogP contribution in [0.1, 0.15) is 33.8 Å². The number of amides is 3. The molecule has 3 amide bonds. The van der Waals surface area contributed by atoms with E-state index in [1.54, 1.807) is 60.7 Å². The van der Waals surface area contributed by atoms with Crippen molar-refractivity contribution in [2.45, 2.75) is 12.8 Å². The number of nitrogens with one attached hydrogen (secondary N) is 3. The van der Waals surface area contributed by atoms with E-state index < -0.39 is 0 Å². The van der Waals surface area contributed by atoms with Gasteiger partial charge in [-0.15, -0.1) is 0 Å². The molecule has 7 heteroatoms. The van der Waals surface area contributed by atoms with Gasteiger partial charge in [0.25, 0.3) is 11.8 Å². The van der Waals surface area contributed by atoms with Crippen LogP contribution in [0.3, 0.4) is 0 Å². The zero-order valence-electron chi connectivity index (χ0n) is 15.5. The Balaban J connectivity index is 1.33. The summed E-state index contributed by atoms with van der Waals surface area (Å²) in [6, 6.07) is 16.7. The summed E-state index contributed by atoms with van der Waals surface area (Å²) in [5, 5.41) is 8.35. The molecule has 29 heavy (non-hydrogen) atoms. The van der Waals surface area contributed by atoms with Crippen LogP contribution < -0.4 is 16.0 Å². The van der Waals surface area contributed by atoms with Gasteiger partial charge in [0.15, 0.2) is 5.76 Å². The molecule has 146 valence electrons. The molecule has 0 spiro atoms. The van der Waals surface area contributed by atoms with Gasteiger partial charge in [0.1, 0.15) is 0 Å². The lowest BCUT2D eigenvalue weighted by Gasteiger charge is -2.09. The van der Waals surface area contributed by atoms with Crippen molar-refractivity contribution in [1.82, 2.24) is 0 Å². The Hall–Kier alpha value is -3.87. The lowest BCUT2D eigenvalue weighted by atomic mass is 10.2. The van der Waals surface area contributed by atoms with E-state index in [1.807, 2.05) is 0 Å². The lowest BCUT2D eigenvalue weighted by molar-refractivity contribution is -0.117. The molecule has 1 aliphatic rings. The van der Waals surface area contributed by atoms with Crippen LogP contribution >= 0.6 is 0 Å². The average Bonchev–Trinajstić information content (AvgIpc) is 3.44. The van der Waals surface area contributed by atoms with Gasteiger partial charge in [0.2, 0.25) is 5.91 Å². The molecule has 7 nitrogen and oxygen atoms in total. The number of rotatable bonds is 6. The topological polar surface area (TPSA) is 100 Å². The Morgan fingerprint density at radius 1 is 0.724 bits per heavy atom. The second kappa shape index (κ2) is 8.02. The van der Waals surface area contributed by atoms with Gasteiger partial charge in [-0.25, -0.2) is 0 Å². The Kier molecular flexibility index (Phi) is 5.11. The minimum atomic E-state index is -0.360. The third-order valence-electron chi connectivity index (χ3n) is 4.51. The first kappa shape index (κ1) is 18.5. The standard InChI is InChI=1S/C22H19N3O4/c26-20(14-3-4-14)23-17-9-11-18(12-10-17)24-21(27)15-5-7-16(8-6-15)25-22(28)19-2-1-13-29-19/h1-2,5-14H,3-4H2,(H,23,26)(H,24,27)(H,25,28). The minimum Gasteiger partial charge on any atom is -0.459 e. The maximum Gasteiger partial charge on any atom is 0.291 e. The van der Waals surface area contributed by atoms with Gasteiger partial charge in [-0.3, -0.25) is 14.4 Å². The summed E-state index contributed by atoms with van der Waals surface area (Å²) < 4.78 is 5.04. The molecule has 1 aliphatic carbocycles. The average molecular weight is 389 g/mol. The fraction of sp³-hybridized carbons (Fsp3) is 0.136. The van der Waals surface area contributed by atoms with Crippen LogP contribution in [0.5, 0.6) is 0 Å². The first-order valence-electron chi connectivity index (χ1n) is 9.26. The summed E-state index contributed by atoms with van der Waals surface area (Å²) in [5.41, 5.74) is 2.33. The Labute approximate surface area is 167 Å². The van der Waals surface area contributed by atoms with Crippen LogP contribution in [-0.4, -0.2) is 17.7 Å². The molecule has 4 rings (SSSR count). The SMILES string of the molecule is O=C(Nc1ccc(NC(=O)C2CC2)cc1)c1ccc(NC(=O)c2ccco2)cc1. The number of hydrogen-bond acceptors (Lipinski definition) is 4. The summed E-state index contributed by atoms with van der Waals surface area (Å²) >= 11 is 0. The van der Waals surface area contributed by atoms with Crippen LogP contribution in [0.4, 0.5) is 17.1 Å². The fourth-order valence-electron chi connectivity index (χ4n) is 2.74. The minimum absolute atomic E-state index is 0.0426. The molecule has 0 aliphatic heterocycles. The first-order chi connectivity index (χ1) is 14.1. The largest absolute Gasteiger partial charge is 0.459 e. The number of hydrogen-bond donors (Lipinski definition) is 3. The van der Waals surface area contributed by atoms with Gasteiger partial charge in [-0.2, -0.15) is 0 Å². The highest BCUT2D eigenvalue weighted by Crippen LogP contribution is 2.30. The summed E-state index contributed by atoms with van der Waals surface area (Å²) in [7, 11) is 0. The highest BCUT2D eigenvalue weighted by atomic mass is 16.3. The summed E-state index contributed by atoms with van der Waals surface area (Å²) in [4.78, 5) is 36.1. The number of furan rings is 1. The van der Waals surface area contributed by atoms with E-state index in [1.165, 1.54) is 6.26 Å². The quantitative estimate of drug-likeness (QED) is 0.590. The Bertz CT molecular complexity index is 1020. The predicted octanol–water partition coefficient (Wildman–Crippen LogP) is 4.13. The van der Waals surface area contributed by atoms with E-state index in [-0.39, 0.29) is 29.4 Å². The van der Waals surface area contributed by atoms with Gasteiger partial charge in [0.05, 0.1) is 6.26 Å². The molecule has 0 radical (unpaired) electrons. The predicted molar refractivity (Wildman–Crippen MR) is 109 cm³/mol. The van der Waals surface area contributed by atoms with Crippen LogP contribution in [0.15, 0.2) is 71.3 Å². The van der Waals surface area contributed by atoms with Crippen molar-refractivity contribution in [3.63, 3.8) is 0 Å². The van der Waals surface area contributed by atoms with E-state index >= 15 is 0 Å². The van der Waals surface area contributed by atoms with E-state index in [2.05, 4.69) is 16.0 Å². The van der Waals surface area contributed by atoms with Crippen molar-refractivity contribution < 1.29 is 18.8 Å². The molecule has 2 aromatic carbocycles. The molecule has 1 saturated carbocycles. The highest BCUT2D eigenvalue weighted by molar-refractivity contribution is 6.05. The van der Waals surface area contributed by atoms with Crippen molar-refractivity contribution >= 4 is 34.8 Å². The summed E-state index contributed by atoms with van der Waals surface area (Å²) in [6.45, 7) is 0. The first-order valence-corrected chi connectivity index (χ1v) is 9.26. The fourth-order valence-corrected chi connectivity index (χ4v) is 2.74. The zero-order chi connectivity index (χ0) is 20.2. The number of anilines is 3. The maximum absolute atomic E-state index is 12.4. The molecule has 0 unspecified atom stereocenters. The molecule has 3 aromatic rings. The number of carbonyl (C=O) groups excluding carboxylic acids is 3. The summed E-state index contributed by atoms with van der Waals surface area (Å²) in [5.74, 6) is -0.240. The lowest BCUT2D eigenvalue weighted by Crippen LogP contribution is -2.14. The van der Waals surface area contributed by atoms with Gasteiger partial charge in [0, 0.05) is 28.5 Å². The Morgan fingerprint density at radius 3 is 1.83 bits per heavy atom.